The van der Waals surface area contributed by atoms with Gasteiger partial charge >= 0.3 is 0 Å². The summed E-state index contributed by atoms with van der Waals surface area (Å²) in [5.41, 5.74) is 1.25. The number of hydrogen-bond acceptors (Lipinski definition) is 3. The van der Waals surface area contributed by atoms with Crippen molar-refractivity contribution in [1.29, 1.82) is 0 Å². The first-order valence-corrected chi connectivity index (χ1v) is 5.89. The molecule has 3 nitrogen and oxygen atoms in total. The van der Waals surface area contributed by atoms with E-state index >= 15 is 0 Å². The molecule has 0 bridgehead atoms. The zero-order chi connectivity index (χ0) is 11.2. The van der Waals surface area contributed by atoms with E-state index < -0.39 is 0 Å². The molecule has 1 aliphatic rings. The molecule has 1 aromatic rings. The van der Waals surface area contributed by atoms with Crippen LogP contribution >= 0.6 is 0 Å². The van der Waals surface area contributed by atoms with Crippen molar-refractivity contribution >= 4 is 0 Å². The zero-order valence-corrected chi connectivity index (χ0v) is 9.45. The van der Waals surface area contributed by atoms with Crippen LogP contribution in [0, 0.1) is 0 Å². The molecule has 1 aromatic carbocycles. The minimum Gasteiger partial charge on any atom is -0.490 e. The summed E-state index contributed by atoms with van der Waals surface area (Å²) in [4.78, 5) is 0. The van der Waals surface area contributed by atoms with Gasteiger partial charge in [0.05, 0.1) is 13.2 Å². The Bertz CT molecular complexity index is 336. The van der Waals surface area contributed by atoms with Gasteiger partial charge in [-0.1, -0.05) is 6.07 Å². The Morgan fingerprint density at radius 2 is 1.88 bits per heavy atom. The summed E-state index contributed by atoms with van der Waals surface area (Å²) < 4.78 is 11.2. The molecule has 0 atom stereocenters. The summed E-state index contributed by atoms with van der Waals surface area (Å²) in [5, 5.41) is 8.73. The average Bonchev–Trinajstić information content (AvgIpc) is 2.54. The van der Waals surface area contributed by atoms with Crippen molar-refractivity contribution in [2.45, 2.75) is 25.7 Å². The predicted molar refractivity (Wildman–Crippen MR) is 62.1 cm³/mol. The Balaban J connectivity index is 2.02. The number of aliphatic hydroxyl groups excluding tert-OH is 1. The van der Waals surface area contributed by atoms with Crippen molar-refractivity contribution in [2.24, 2.45) is 0 Å². The summed E-state index contributed by atoms with van der Waals surface area (Å²) in [6, 6.07) is 6.11. The maximum Gasteiger partial charge on any atom is 0.161 e. The monoisotopic (exact) mass is 222 g/mol. The first-order chi connectivity index (χ1) is 7.90. The molecule has 0 radical (unpaired) electrons. The van der Waals surface area contributed by atoms with Crippen LogP contribution in [0.2, 0.25) is 0 Å². The van der Waals surface area contributed by atoms with Gasteiger partial charge in [-0.25, -0.2) is 0 Å². The Kier molecular flexibility index (Phi) is 4.05. The molecular weight excluding hydrogens is 204 g/mol. The van der Waals surface area contributed by atoms with Crippen LogP contribution < -0.4 is 9.47 Å². The lowest BCUT2D eigenvalue weighted by Crippen LogP contribution is -1.97. The minimum absolute atomic E-state index is 0.268. The third kappa shape index (κ3) is 2.89. The lowest BCUT2D eigenvalue weighted by molar-refractivity contribution is 0.284. The smallest absolute Gasteiger partial charge is 0.161 e. The Morgan fingerprint density at radius 3 is 2.69 bits per heavy atom. The molecule has 0 unspecified atom stereocenters. The zero-order valence-electron chi connectivity index (χ0n) is 9.45. The van der Waals surface area contributed by atoms with Gasteiger partial charge in [-0.3, -0.25) is 0 Å². The molecular formula is C13H18O3. The highest BCUT2D eigenvalue weighted by atomic mass is 16.5. The third-order valence-electron chi connectivity index (χ3n) is 2.69. The van der Waals surface area contributed by atoms with Crippen LogP contribution in [0.25, 0.3) is 0 Å². The van der Waals surface area contributed by atoms with Crippen LogP contribution in [0.5, 0.6) is 11.5 Å². The molecule has 0 saturated carbocycles. The van der Waals surface area contributed by atoms with Gasteiger partial charge in [0.1, 0.15) is 0 Å². The van der Waals surface area contributed by atoms with Crippen LogP contribution in [-0.4, -0.2) is 24.9 Å². The standard InChI is InChI=1S/C13H18O3/c14-7-2-1-4-11-5-6-12-13(10-11)16-9-3-8-15-12/h5-6,10,14H,1-4,7-9H2. The van der Waals surface area contributed by atoms with Crippen LogP contribution in [0.1, 0.15) is 24.8 Å². The van der Waals surface area contributed by atoms with Gasteiger partial charge in [-0.05, 0) is 37.0 Å². The van der Waals surface area contributed by atoms with Crippen LogP contribution in [-0.2, 0) is 6.42 Å². The minimum atomic E-state index is 0.268. The predicted octanol–water partition coefficient (Wildman–Crippen LogP) is 2.16. The largest absolute Gasteiger partial charge is 0.490 e. The molecule has 0 spiro atoms. The number of fused-ring (bicyclic) bond motifs is 1. The lowest BCUT2D eigenvalue weighted by Gasteiger charge is -2.09. The highest BCUT2D eigenvalue weighted by Gasteiger charge is 2.10. The summed E-state index contributed by atoms with van der Waals surface area (Å²) in [6.07, 6.45) is 3.79. The van der Waals surface area contributed by atoms with Crippen LogP contribution in [0.4, 0.5) is 0 Å². The van der Waals surface area contributed by atoms with Crippen molar-refractivity contribution in [3.8, 4) is 11.5 Å². The number of aryl methyl sites for hydroxylation is 1. The normalized spacial score (nSPS) is 14.6. The fourth-order valence-electron chi connectivity index (χ4n) is 1.80. The van der Waals surface area contributed by atoms with Gasteiger partial charge in [0, 0.05) is 13.0 Å². The average molecular weight is 222 g/mol. The van der Waals surface area contributed by atoms with Crippen molar-refractivity contribution < 1.29 is 14.6 Å². The molecule has 16 heavy (non-hydrogen) atoms. The molecule has 0 fully saturated rings. The lowest BCUT2D eigenvalue weighted by atomic mass is 10.1. The Hall–Kier alpha value is -1.22. The second-order valence-electron chi connectivity index (χ2n) is 4.01. The van der Waals surface area contributed by atoms with Crippen LogP contribution in [0.15, 0.2) is 18.2 Å². The number of hydrogen-bond donors (Lipinski definition) is 1. The highest BCUT2D eigenvalue weighted by molar-refractivity contribution is 5.43. The molecule has 1 heterocycles. The van der Waals surface area contributed by atoms with Gasteiger partial charge < -0.3 is 14.6 Å². The second kappa shape index (κ2) is 5.75. The van der Waals surface area contributed by atoms with E-state index in [0.717, 1.165) is 50.4 Å². The molecule has 1 aliphatic heterocycles. The van der Waals surface area contributed by atoms with E-state index in [1.54, 1.807) is 0 Å². The third-order valence-corrected chi connectivity index (χ3v) is 2.69. The Labute approximate surface area is 96.0 Å². The van der Waals surface area contributed by atoms with Gasteiger partial charge in [-0.15, -0.1) is 0 Å². The highest BCUT2D eigenvalue weighted by Crippen LogP contribution is 2.30. The number of benzene rings is 1. The van der Waals surface area contributed by atoms with E-state index in [0.29, 0.717) is 0 Å². The molecule has 0 aromatic heterocycles. The molecule has 0 amide bonds. The summed E-state index contributed by atoms with van der Waals surface area (Å²) >= 11 is 0. The van der Waals surface area contributed by atoms with E-state index in [9.17, 15) is 0 Å². The number of rotatable bonds is 4. The van der Waals surface area contributed by atoms with E-state index in [-0.39, 0.29) is 6.61 Å². The quantitative estimate of drug-likeness (QED) is 0.793. The fraction of sp³-hybridized carbons (Fsp3) is 0.538. The van der Waals surface area contributed by atoms with Crippen molar-refractivity contribution in [3.05, 3.63) is 23.8 Å². The maximum absolute atomic E-state index is 8.73. The summed E-state index contributed by atoms with van der Waals surface area (Å²) in [5.74, 6) is 1.71. The molecule has 3 heteroatoms. The van der Waals surface area contributed by atoms with Crippen molar-refractivity contribution in [2.75, 3.05) is 19.8 Å². The molecule has 88 valence electrons. The number of aliphatic hydroxyl groups is 1. The molecule has 2 rings (SSSR count). The SMILES string of the molecule is OCCCCc1ccc2c(c1)OCCCO2. The van der Waals surface area contributed by atoms with Gasteiger partial charge in [0.25, 0.3) is 0 Å². The summed E-state index contributed by atoms with van der Waals surface area (Å²) in [7, 11) is 0. The number of ether oxygens (including phenoxy) is 2. The first-order valence-electron chi connectivity index (χ1n) is 5.89. The second-order valence-corrected chi connectivity index (χ2v) is 4.01. The van der Waals surface area contributed by atoms with Gasteiger partial charge in [0.15, 0.2) is 11.5 Å². The molecule has 0 saturated heterocycles. The van der Waals surface area contributed by atoms with E-state index in [1.807, 2.05) is 6.07 Å². The van der Waals surface area contributed by atoms with Crippen LogP contribution in [0.3, 0.4) is 0 Å². The van der Waals surface area contributed by atoms with E-state index in [1.165, 1.54) is 5.56 Å². The van der Waals surface area contributed by atoms with E-state index in [4.69, 9.17) is 14.6 Å². The maximum atomic E-state index is 8.73. The topological polar surface area (TPSA) is 38.7 Å². The summed E-state index contributed by atoms with van der Waals surface area (Å²) in [6.45, 7) is 1.73. The first kappa shape index (κ1) is 11.3. The van der Waals surface area contributed by atoms with E-state index in [2.05, 4.69) is 12.1 Å². The van der Waals surface area contributed by atoms with Crippen molar-refractivity contribution in [3.63, 3.8) is 0 Å². The fourth-order valence-corrected chi connectivity index (χ4v) is 1.80. The Morgan fingerprint density at radius 1 is 1.06 bits per heavy atom. The number of unbranched alkanes of at least 4 members (excludes halogenated alkanes) is 1. The van der Waals surface area contributed by atoms with Gasteiger partial charge in [0.2, 0.25) is 0 Å². The molecule has 1 N–H and O–H groups in total. The molecule has 0 aliphatic carbocycles. The van der Waals surface area contributed by atoms with Crippen molar-refractivity contribution in [1.82, 2.24) is 0 Å². The van der Waals surface area contributed by atoms with Gasteiger partial charge in [-0.2, -0.15) is 0 Å².